The molecule has 1 atom stereocenters. The maximum Gasteiger partial charge on any atom is 0.251 e. The lowest BCUT2D eigenvalue weighted by atomic mass is 10.1. The van der Waals surface area contributed by atoms with Crippen molar-refractivity contribution < 1.29 is 4.79 Å². The normalized spacial score (nSPS) is 12.2. The Labute approximate surface area is 140 Å². The van der Waals surface area contributed by atoms with E-state index >= 15 is 0 Å². The van der Waals surface area contributed by atoms with Crippen LogP contribution < -0.4 is 5.32 Å². The van der Waals surface area contributed by atoms with Gasteiger partial charge in [-0.05, 0) is 37.9 Å². The van der Waals surface area contributed by atoms with E-state index in [0.29, 0.717) is 22.2 Å². The lowest BCUT2D eigenvalue weighted by molar-refractivity contribution is 0.0930. The topological polar surface area (TPSA) is 32.3 Å². The quantitative estimate of drug-likeness (QED) is 0.894. The van der Waals surface area contributed by atoms with Gasteiger partial charge < -0.3 is 10.2 Å². The summed E-state index contributed by atoms with van der Waals surface area (Å²) in [5, 5.41) is 3.85. The zero-order valence-corrected chi connectivity index (χ0v) is 14.0. The second-order valence-electron chi connectivity index (χ2n) is 5.33. The molecule has 116 valence electrons. The van der Waals surface area contributed by atoms with Crippen molar-refractivity contribution in [2.75, 3.05) is 20.6 Å². The minimum Gasteiger partial charge on any atom is -0.344 e. The number of nitrogens with zero attached hydrogens (tertiary/aromatic N) is 1. The smallest absolute Gasteiger partial charge is 0.251 e. The van der Waals surface area contributed by atoms with Crippen LogP contribution in [0.25, 0.3) is 0 Å². The molecule has 1 N–H and O–H groups in total. The summed E-state index contributed by atoms with van der Waals surface area (Å²) in [7, 11) is 3.95. The average Bonchev–Trinajstić information content (AvgIpc) is 2.49. The molecule has 1 amide bonds. The van der Waals surface area contributed by atoms with Crippen molar-refractivity contribution >= 4 is 29.1 Å². The highest BCUT2D eigenvalue weighted by Gasteiger charge is 2.17. The lowest BCUT2D eigenvalue weighted by Gasteiger charge is -2.23. The Morgan fingerprint density at radius 2 is 1.77 bits per heavy atom. The number of nitrogens with one attached hydrogen (secondary N) is 1. The number of carbonyl (C=O) groups is 1. The van der Waals surface area contributed by atoms with Gasteiger partial charge in [0.15, 0.2) is 0 Å². The summed E-state index contributed by atoms with van der Waals surface area (Å²) in [5.74, 6) is -0.172. The highest BCUT2D eigenvalue weighted by atomic mass is 35.5. The SMILES string of the molecule is CN(C)C[C@@H](NC(=O)c1ccc(Cl)c(Cl)c1)c1ccccc1. The zero-order chi connectivity index (χ0) is 16.1. The number of rotatable bonds is 5. The lowest BCUT2D eigenvalue weighted by Crippen LogP contribution is -2.35. The molecule has 0 aliphatic carbocycles. The molecule has 0 spiro atoms. The molecule has 2 aromatic carbocycles. The third-order valence-corrected chi connectivity index (χ3v) is 3.98. The molecule has 0 aromatic heterocycles. The molecule has 2 aromatic rings. The summed E-state index contributed by atoms with van der Waals surface area (Å²) in [5.41, 5.74) is 1.55. The fourth-order valence-electron chi connectivity index (χ4n) is 2.16. The van der Waals surface area contributed by atoms with Crippen LogP contribution in [-0.4, -0.2) is 31.4 Å². The van der Waals surface area contributed by atoms with E-state index in [-0.39, 0.29) is 11.9 Å². The first-order chi connectivity index (χ1) is 10.5. The standard InChI is InChI=1S/C17H18Cl2N2O/c1-21(2)11-16(12-6-4-3-5-7-12)20-17(22)13-8-9-14(18)15(19)10-13/h3-10,16H,11H2,1-2H3,(H,20,22)/t16-/m1/s1. The fraction of sp³-hybridized carbons (Fsp3) is 0.235. The summed E-state index contributed by atoms with van der Waals surface area (Å²) in [6.45, 7) is 0.705. The second-order valence-corrected chi connectivity index (χ2v) is 6.14. The van der Waals surface area contributed by atoms with Gasteiger partial charge in [-0.3, -0.25) is 4.79 Å². The van der Waals surface area contributed by atoms with Crippen LogP contribution in [0.3, 0.4) is 0 Å². The monoisotopic (exact) mass is 336 g/mol. The molecular formula is C17H18Cl2N2O. The molecule has 0 radical (unpaired) electrons. The van der Waals surface area contributed by atoms with Crippen LogP contribution in [-0.2, 0) is 0 Å². The third-order valence-electron chi connectivity index (χ3n) is 3.24. The summed E-state index contributed by atoms with van der Waals surface area (Å²) < 4.78 is 0. The molecule has 0 fully saturated rings. The van der Waals surface area contributed by atoms with Gasteiger partial charge in [0, 0.05) is 12.1 Å². The molecule has 0 aliphatic rings. The van der Waals surface area contributed by atoms with Gasteiger partial charge in [-0.1, -0.05) is 53.5 Å². The Kier molecular flexibility index (Phi) is 5.83. The van der Waals surface area contributed by atoms with E-state index in [1.807, 2.05) is 49.3 Å². The molecule has 22 heavy (non-hydrogen) atoms. The zero-order valence-electron chi connectivity index (χ0n) is 12.5. The predicted molar refractivity (Wildman–Crippen MR) is 91.7 cm³/mol. The van der Waals surface area contributed by atoms with Gasteiger partial charge in [-0.2, -0.15) is 0 Å². The van der Waals surface area contributed by atoms with Crippen molar-refractivity contribution in [2.45, 2.75) is 6.04 Å². The van der Waals surface area contributed by atoms with Crippen molar-refractivity contribution in [3.8, 4) is 0 Å². The Hall–Kier alpha value is -1.55. The van der Waals surface area contributed by atoms with E-state index in [9.17, 15) is 4.79 Å². The van der Waals surface area contributed by atoms with E-state index in [4.69, 9.17) is 23.2 Å². The maximum atomic E-state index is 12.4. The van der Waals surface area contributed by atoms with Gasteiger partial charge in [0.2, 0.25) is 0 Å². The third kappa shape index (κ3) is 4.47. The van der Waals surface area contributed by atoms with E-state index in [0.717, 1.165) is 5.56 Å². The molecule has 2 rings (SSSR count). The van der Waals surface area contributed by atoms with Crippen LogP contribution in [0.2, 0.25) is 10.0 Å². The fourth-order valence-corrected chi connectivity index (χ4v) is 2.46. The van der Waals surface area contributed by atoms with Crippen LogP contribution >= 0.6 is 23.2 Å². The Morgan fingerprint density at radius 1 is 1.09 bits per heavy atom. The first-order valence-corrected chi connectivity index (χ1v) is 7.68. The van der Waals surface area contributed by atoms with Crippen LogP contribution in [0.5, 0.6) is 0 Å². The van der Waals surface area contributed by atoms with Gasteiger partial charge in [-0.15, -0.1) is 0 Å². The Morgan fingerprint density at radius 3 is 2.36 bits per heavy atom. The summed E-state index contributed by atoms with van der Waals surface area (Å²) in [6, 6.07) is 14.7. The Bertz CT molecular complexity index is 644. The molecule has 3 nitrogen and oxygen atoms in total. The van der Waals surface area contributed by atoms with Gasteiger partial charge in [0.1, 0.15) is 0 Å². The molecule has 0 saturated heterocycles. The number of hydrogen-bond donors (Lipinski definition) is 1. The van der Waals surface area contributed by atoms with Crippen molar-refractivity contribution in [2.24, 2.45) is 0 Å². The van der Waals surface area contributed by atoms with Crippen LogP contribution in [0.15, 0.2) is 48.5 Å². The van der Waals surface area contributed by atoms with E-state index in [1.165, 1.54) is 0 Å². The second kappa shape index (κ2) is 7.63. The van der Waals surface area contributed by atoms with Crippen molar-refractivity contribution in [3.63, 3.8) is 0 Å². The molecular weight excluding hydrogens is 319 g/mol. The highest BCUT2D eigenvalue weighted by Crippen LogP contribution is 2.23. The van der Waals surface area contributed by atoms with E-state index < -0.39 is 0 Å². The maximum absolute atomic E-state index is 12.4. The predicted octanol–water partition coefficient (Wildman–Crippen LogP) is 4.03. The van der Waals surface area contributed by atoms with E-state index in [2.05, 4.69) is 5.32 Å². The van der Waals surface area contributed by atoms with Crippen LogP contribution in [0.1, 0.15) is 22.0 Å². The summed E-state index contributed by atoms with van der Waals surface area (Å²) >= 11 is 11.9. The Balaban J connectivity index is 2.19. The number of benzene rings is 2. The summed E-state index contributed by atoms with van der Waals surface area (Å²) in [4.78, 5) is 14.5. The van der Waals surface area contributed by atoms with Gasteiger partial charge in [0.25, 0.3) is 5.91 Å². The number of carbonyl (C=O) groups excluding carboxylic acids is 1. The number of likely N-dealkylation sites (N-methyl/N-ethyl adjacent to an activating group) is 1. The van der Waals surface area contributed by atoms with Crippen molar-refractivity contribution in [1.29, 1.82) is 0 Å². The first kappa shape index (κ1) is 16.8. The molecule has 0 unspecified atom stereocenters. The number of amides is 1. The van der Waals surface area contributed by atoms with Crippen LogP contribution in [0.4, 0.5) is 0 Å². The van der Waals surface area contributed by atoms with Gasteiger partial charge in [-0.25, -0.2) is 0 Å². The van der Waals surface area contributed by atoms with Gasteiger partial charge in [0.05, 0.1) is 16.1 Å². The van der Waals surface area contributed by atoms with E-state index in [1.54, 1.807) is 18.2 Å². The largest absolute Gasteiger partial charge is 0.344 e. The highest BCUT2D eigenvalue weighted by molar-refractivity contribution is 6.42. The first-order valence-electron chi connectivity index (χ1n) is 6.93. The number of halogens is 2. The molecule has 0 saturated carbocycles. The minimum atomic E-state index is -0.172. The van der Waals surface area contributed by atoms with Crippen molar-refractivity contribution in [1.82, 2.24) is 10.2 Å². The molecule has 5 heteroatoms. The molecule has 0 bridgehead atoms. The van der Waals surface area contributed by atoms with Gasteiger partial charge >= 0.3 is 0 Å². The number of hydrogen-bond acceptors (Lipinski definition) is 2. The average molecular weight is 337 g/mol. The minimum absolute atomic E-state index is 0.0989. The summed E-state index contributed by atoms with van der Waals surface area (Å²) in [6.07, 6.45) is 0. The van der Waals surface area contributed by atoms with Crippen LogP contribution in [0, 0.1) is 0 Å². The molecule has 0 aliphatic heterocycles. The van der Waals surface area contributed by atoms with Crippen molar-refractivity contribution in [3.05, 3.63) is 69.7 Å². The molecule has 0 heterocycles.